The van der Waals surface area contributed by atoms with E-state index < -0.39 is 0 Å². The van der Waals surface area contributed by atoms with Crippen molar-refractivity contribution in [1.82, 2.24) is 10.6 Å². The fourth-order valence-electron chi connectivity index (χ4n) is 4.84. The fourth-order valence-corrected chi connectivity index (χ4v) is 5.41. The predicted molar refractivity (Wildman–Crippen MR) is 115 cm³/mol. The number of benzene rings is 1. The molecule has 6 nitrogen and oxygen atoms in total. The van der Waals surface area contributed by atoms with Crippen molar-refractivity contribution < 1.29 is 14.4 Å². The smallest absolute Gasteiger partial charge is 0.243 e. The Morgan fingerprint density at radius 3 is 2.62 bits per heavy atom. The Labute approximate surface area is 175 Å². The Bertz CT molecular complexity index is 897. The van der Waals surface area contributed by atoms with Gasteiger partial charge in [-0.3, -0.25) is 14.4 Å². The molecule has 7 heteroatoms. The van der Waals surface area contributed by atoms with Crippen LogP contribution in [0.3, 0.4) is 0 Å². The molecule has 0 spiro atoms. The third-order valence-electron chi connectivity index (χ3n) is 6.36. The van der Waals surface area contributed by atoms with Gasteiger partial charge in [-0.25, -0.2) is 0 Å². The topological polar surface area (TPSA) is 78.5 Å². The van der Waals surface area contributed by atoms with Crippen LogP contribution >= 0.6 is 11.8 Å². The van der Waals surface area contributed by atoms with Gasteiger partial charge in [0.15, 0.2) is 5.78 Å². The van der Waals surface area contributed by atoms with Crippen LogP contribution in [0.2, 0.25) is 0 Å². The molecule has 4 rings (SSSR count). The minimum Gasteiger partial charge on any atom is -0.374 e. The number of para-hydroxylation sites is 1. The van der Waals surface area contributed by atoms with Gasteiger partial charge in [-0.05, 0) is 36.6 Å². The third-order valence-corrected chi connectivity index (χ3v) is 7.03. The summed E-state index contributed by atoms with van der Waals surface area (Å²) >= 11 is 1.59. The van der Waals surface area contributed by atoms with Crippen LogP contribution in [0.15, 0.2) is 35.5 Å². The average Bonchev–Trinajstić information content (AvgIpc) is 3.24. The van der Waals surface area contributed by atoms with E-state index in [1.165, 1.54) is 0 Å². The summed E-state index contributed by atoms with van der Waals surface area (Å²) in [5.41, 5.74) is 3.50. The maximum atomic E-state index is 13.1. The highest BCUT2D eigenvalue weighted by Crippen LogP contribution is 2.43. The molecule has 154 valence electrons. The first-order chi connectivity index (χ1) is 13.9. The number of allylic oxidation sites excluding steroid dienone is 1. The maximum Gasteiger partial charge on any atom is 0.243 e. The number of thioether (sulfide) groups is 1. The molecule has 2 amide bonds. The van der Waals surface area contributed by atoms with Crippen LogP contribution in [-0.2, 0) is 14.4 Å². The molecule has 1 saturated carbocycles. The van der Waals surface area contributed by atoms with Crippen LogP contribution in [0.5, 0.6) is 0 Å². The summed E-state index contributed by atoms with van der Waals surface area (Å²) < 4.78 is 0. The maximum absolute atomic E-state index is 13.1. The number of nitrogens with one attached hydrogen (secondary N) is 2. The molecular formula is C22H27N3O3S. The van der Waals surface area contributed by atoms with Crippen molar-refractivity contribution in [3.05, 3.63) is 41.1 Å². The van der Waals surface area contributed by atoms with E-state index in [0.29, 0.717) is 12.2 Å². The van der Waals surface area contributed by atoms with Gasteiger partial charge in [0.2, 0.25) is 11.8 Å². The number of fused-ring (bicyclic) bond motifs is 1. The van der Waals surface area contributed by atoms with E-state index in [9.17, 15) is 14.4 Å². The van der Waals surface area contributed by atoms with Crippen LogP contribution in [0, 0.1) is 5.92 Å². The standard InChI is InChI=1S/C22H27N3O3S/c1-12(18-13-7-4-5-9-16(13)25(2)22(18)28)19-20(14-8-6-10-17(14)26)23-15(11-29-3)21(27)24-19/h4-5,7,9,12,15,18-19,23H,6,8,10-11H2,1-3H3,(H,24,27)/b20-14+/t12-,15+,18-,19+/m0/s1. The van der Waals surface area contributed by atoms with Crippen LogP contribution in [0.4, 0.5) is 5.69 Å². The average molecular weight is 414 g/mol. The van der Waals surface area contributed by atoms with E-state index in [0.717, 1.165) is 35.4 Å². The van der Waals surface area contributed by atoms with E-state index >= 15 is 0 Å². The predicted octanol–water partition coefficient (Wildman–Crippen LogP) is 2.21. The molecule has 0 bridgehead atoms. The van der Waals surface area contributed by atoms with Gasteiger partial charge in [-0.1, -0.05) is 25.1 Å². The lowest BCUT2D eigenvalue weighted by Crippen LogP contribution is -2.60. The quantitative estimate of drug-likeness (QED) is 0.740. The van der Waals surface area contributed by atoms with Crippen molar-refractivity contribution >= 4 is 35.0 Å². The van der Waals surface area contributed by atoms with Crippen molar-refractivity contribution in [3.8, 4) is 0 Å². The summed E-state index contributed by atoms with van der Waals surface area (Å²) in [6.45, 7) is 2.00. The SMILES string of the molecule is CSC[C@H]1N/C(=C2\CCCC2=O)[C@@H]([C@@H](C)[C@@H]2C(=O)N(C)c3ccccc32)NC1=O. The van der Waals surface area contributed by atoms with Crippen LogP contribution in [0.1, 0.15) is 37.7 Å². The van der Waals surface area contributed by atoms with Crippen molar-refractivity contribution in [1.29, 1.82) is 0 Å². The molecule has 3 aliphatic rings. The van der Waals surface area contributed by atoms with Crippen LogP contribution in [-0.4, -0.2) is 48.7 Å². The normalized spacial score (nSPS) is 30.2. The molecule has 1 saturated heterocycles. The van der Waals surface area contributed by atoms with E-state index in [-0.39, 0.29) is 41.5 Å². The highest BCUT2D eigenvalue weighted by molar-refractivity contribution is 7.98. The largest absolute Gasteiger partial charge is 0.374 e. The number of ketones is 1. The molecule has 29 heavy (non-hydrogen) atoms. The number of hydrogen-bond donors (Lipinski definition) is 2. The summed E-state index contributed by atoms with van der Waals surface area (Å²) in [6, 6.07) is 7.06. The van der Waals surface area contributed by atoms with Crippen LogP contribution in [0.25, 0.3) is 0 Å². The van der Waals surface area contributed by atoms with E-state index in [2.05, 4.69) is 10.6 Å². The van der Waals surface area contributed by atoms with Gasteiger partial charge >= 0.3 is 0 Å². The van der Waals surface area contributed by atoms with Gasteiger partial charge in [0.05, 0.1) is 12.0 Å². The second-order valence-corrected chi connectivity index (χ2v) is 9.01. The minimum absolute atomic E-state index is 0.0290. The number of carbonyl (C=O) groups is 3. The van der Waals surface area contributed by atoms with Gasteiger partial charge in [0.1, 0.15) is 6.04 Å². The van der Waals surface area contributed by atoms with Gasteiger partial charge in [-0.15, -0.1) is 0 Å². The van der Waals surface area contributed by atoms with E-state index in [1.807, 2.05) is 37.4 Å². The molecule has 2 fully saturated rings. The zero-order valence-electron chi connectivity index (χ0n) is 17.0. The number of piperazine rings is 1. The highest BCUT2D eigenvalue weighted by Gasteiger charge is 2.45. The van der Waals surface area contributed by atoms with Gasteiger partial charge in [-0.2, -0.15) is 11.8 Å². The molecule has 0 unspecified atom stereocenters. The fraction of sp³-hybridized carbons (Fsp3) is 0.500. The highest BCUT2D eigenvalue weighted by atomic mass is 32.2. The lowest BCUT2D eigenvalue weighted by Gasteiger charge is -2.39. The van der Waals surface area contributed by atoms with Gasteiger partial charge in [0.25, 0.3) is 0 Å². The molecular weight excluding hydrogens is 386 g/mol. The van der Waals surface area contributed by atoms with Gasteiger partial charge < -0.3 is 15.5 Å². The Balaban J connectivity index is 1.73. The molecule has 0 radical (unpaired) electrons. The molecule has 2 N–H and O–H groups in total. The number of carbonyl (C=O) groups excluding carboxylic acids is 3. The lowest BCUT2D eigenvalue weighted by atomic mass is 9.80. The summed E-state index contributed by atoms with van der Waals surface area (Å²) in [5.74, 6) is 0.202. The number of Topliss-reactive ketones (excluding diaryl/α,β-unsaturated/α-hetero) is 1. The molecule has 1 aromatic rings. The molecule has 1 aliphatic carbocycles. The van der Waals surface area contributed by atoms with E-state index in [1.54, 1.807) is 23.7 Å². The first-order valence-electron chi connectivity index (χ1n) is 10.1. The molecule has 0 aromatic heterocycles. The second kappa shape index (κ2) is 7.86. The van der Waals surface area contributed by atoms with Crippen molar-refractivity contribution in [2.75, 3.05) is 24.0 Å². The zero-order chi connectivity index (χ0) is 20.7. The summed E-state index contributed by atoms with van der Waals surface area (Å²) in [5, 5.41) is 6.53. The van der Waals surface area contributed by atoms with Crippen molar-refractivity contribution in [2.24, 2.45) is 5.92 Å². The number of anilines is 1. The Hall–Kier alpha value is -2.28. The number of rotatable bonds is 4. The first-order valence-corrected chi connectivity index (χ1v) is 11.5. The third kappa shape index (κ3) is 3.35. The summed E-state index contributed by atoms with van der Waals surface area (Å²) in [7, 11) is 1.79. The minimum atomic E-state index is -0.383. The molecule has 2 heterocycles. The van der Waals surface area contributed by atoms with E-state index in [4.69, 9.17) is 0 Å². The Kier molecular flexibility index (Phi) is 5.42. The first kappa shape index (κ1) is 20.0. The zero-order valence-corrected chi connectivity index (χ0v) is 17.8. The molecule has 1 aromatic carbocycles. The Morgan fingerprint density at radius 2 is 1.93 bits per heavy atom. The second-order valence-electron chi connectivity index (χ2n) is 8.10. The molecule has 4 atom stereocenters. The number of amides is 2. The molecule has 2 aliphatic heterocycles. The number of nitrogens with zero attached hydrogens (tertiary/aromatic N) is 1. The summed E-state index contributed by atoms with van der Waals surface area (Å²) in [6.07, 6.45) is 4.08. The Morgan fingerprint density at radius 1 is 1.17 bits per heavy atom. The monoisotopic (exact) mass is 413 g/mol. The summed E-state index contributed by atoms with van der Waals surface area (Å²) in [4.78, 5) is 40.1. The number of hydrogen-bond acceptors (Lipinski definition) is 5. The van der Waals surface area contributed by atoms with Gasteiger partial charge in [0, 0.05) is 36.2 Å². The van der Waals surface area contributed by atoms with Crippen LogP contribution < -0.4 is 15.5 Å². The van der Waals surface area contributed by atoms with Crippen molar-refractivity contribution in [3.63, 3.8) is 0 Å². The number of likely N-dealkylation sites (N-methyl/N-ethyl adjacent to an activating group) is 1. The van der Waals surface area contributed by atoms with Crippen molar-refractivity contribution in [2.45, 2.75) is 44.2 Å². The lowest BCUT2D eigenvalue weighted by molar-refractivity contribution is -0.126.